The van der Waals surface area contributed by atoms with Gasteiger partial charge in [0, 0.05) is 36.7 Å². The highest BCUT2D eigenvalue weighted by molar-refractivity contribution is 5.89. The fourth-order valence-electron chi connectivity index (χ4n) is 7.19. The van der Waals surface area contributed by atoms with Crippen LogP contribution in [0.2, 0.25) is 0 Å². The number of hydrogen-bond acceptors (Lipinski definition) is 4. The van der Waals surface area contributed by atoms with Crippen molar-refractivity contribution in [3.8, 4) is 11.5 Å². The van der Waals surface area contributed by atoms with Crippen molar-refractivity contribution in [2.24, 2.45) is 11.8 Å². The minimum absolute atomic E-state index is 0. The first kappa shape index (κ1) is 18.4. The smallest absolute Gasteiger partial charge is 0.174 e. The summed E-state index contributed by atoms with van der Waals surface area (Å²) < 4.78 is 7.39. The van der Waals surface area contributed by atoms with Crippen LogP contribution < -0.4 is 4.74 Å². The van der Waals surface area contributed by atoms with E-state index in [1.165, 1.54) is 19.4 Å². The summed E-state index contributed by atoms with van der Waals surface area (Å²) in [6, 6.07) is 2.35. The number of piperidine rings is 1. The van der Waals surface area contributed by atoms with E-state index in [0.717, 1.165) is 47.3 Å². The summed E-state index contributed by atoms with van der Waals surface area (Å²) >= 11 is 0. The molecule has 1 unspecified atom stereocenters. The molecule has 1 spiro atoms. The summed E-state index contributed by atoms with van der Waals surface area (Å²) in [5, 5.41) is 20.4. The highest BCUT2D eigenvalue weighted by Crippen LogP contribution is 2.64. The highest BCUT2D eigenvalue weighted by atomic mass is 16.5. The van der Waals surface area contributed by atoms with Gasteiger partial charge in [-0.15, -0.1) is 0 Å². The Morgan fingerprint density at radius 1 is 1.32 bits per heavy atom. The summed E-state index contributed by atoms with van der Waals surface area (Å²) in [6.45, 7) is 2.09. The first-order valence-corrected chi connectivity index (χ1v) is 10.5. The van der Waals surface area contributed by atoms with Gasteiger partial charge >= 0.3 is 0 Å². The molecule has 1 aromatic carbocycles. The van der Waals surface area contributed by atoms with Crippen molar-refractivity contribution < 1.29 is 24.2 Å². The zero-order valence-electron chi connectivity index (χ0n) is 16.9. The van der Waals surface area contributed by atoms with E-state index in [1.807, 2.05) is 6.07 Å². The summed E-state index contributed by atoms with van der Waals surface area (Å²) in [5.41, 5.74) is 2.53. The number of likely N-dealkylation sites (tertiary alicyclic amines) is 1. The molecule has 2 N–H and O–H groups in total. The monoisotopic (exact) mass is 385 g/mol. The molecule has 6 rings (SSSR count). The largest absolute Gasteiger partial charge is 0.507 e. The molecular weight excluding hydrogens is 354 g/mol. The third-order valence-electron chi connectivity index (χ3n) is 8.53. The summed E-state index contributed by atoms with van der Waals surface area (Å²) in [5.74, 6) is 2.27. The van der Waals surface area contributed by atoms with Gasteiger partial charge < -0.3 is 26.9 Å². The number of aliphatic hydroxyl groups is 1. The summed E-state index contributed by atoms with van der Waals surface area (Å²) in [4.78, 5) is 12.9. The maximum absolute atomic E-state index is 12.9. The van der Waals surface area contributed by atoms with Gasteiger partial charge in [-0.2, -0.15) is 0 Å². The van der Waals surface area contributed by atoms with E-state index in [9.17, 15) is 15.0 Å². The van der Waals surface area contributed by atoms with Gasteiger partial charge in [-0.1, -0.05) is 0 Å². The van der Waals surface area contributed by atoms with Crippen LogP contribution in [0.25, 0.3) is 0 Å². The van der Waals surface area contributed by atoms with Crippen molar-refractivity contribution in [3.63, 3.8) is 0 Å². The van der Waals surface area contributed by atoms with E-state index in [4.69, 9.17) is 4.74 Å². The predicted molar refractivity (Wildman–Crippen MR) is 105 cm³/mol. The number of benzene rings is 1. The number of aliphatic hydroxyl groups excluding tert-OH is 1. The Labute approximate surface area is 166 Å². The number of ketones is 1. The number of likely N-dealkylation sites (N-methyl/N-ethyl adjacent to an activating group) is 1. The lowest BCUT2D eigenvalue weighted by Gasteiger charge is -2.60. The number of aromatic hydroxyl groups is 1. The molecule has 1 saturated heterocycles. The van der Waals surface area contributed by atoms with Gasteiger partial charge in [-0.05, 0) is 30.9 Å². The van der Waals surface area contributed by atoms with Crippen molar-refractivity contribution in [2.75, 3.05) is 20.1 Å². The molecule has 0 aromatic heterocycles. The minimum Gasteiger partial charge on any atom is -0.507 e. The zero-order valence-corrected chi connectivity index (χ0v) is 16.9. The number of nitrogens with zero attached hydrogens (tertiary/aromatic N) is 1. The van der Waals surface area contributed by atoms with E-state index in [0.29, 0.717) is 29.7 Å². The molecule has 1 aromatic rings. The van der Waals surface area contributed by atoms with E-state index in [2.05, 4.69) is 7.05 Å². The van der Waals surface area contributed by atoms with E-state index < -0.39 is 6.10 Å². The third kappa shape index (κ3) is 2.07. The molecule has 3 fully saturated rings. The minimum atomic E-state index is -0.422. The molecule has 2 saturated carbocycles. The second-order valence-corrected chi connectivity index (χ2v) is 9.90. The Bertz CT molecular complexity index is 863. The Hall–Kier alpha value is -1.59. The fraction of sp³-hybridized carbons (Fsp3) is 0.652. The molecule has 5 heteroatoms. The number of quaternary nitrogens is 1. The Kier molecular flexibility index (Phi) is 3.77. The molecule has 2 heterocycles. The molecule has 28 heavy (non-hydrogen) atoms. The van der Waals surface area contributed by atoms with E-state index in [1.54, 1.807) is 0 Å². The number of Topliss-reactive ketones (excluding diaryl/α,β-unsaturated/α-hetero) is 1. The Balaban J connectivity index is 0.00000171. The van der Waals surface area contributed by atoms with Gasteiger partial charge in [-0.3, -0.25) is 4.79 Å². The lowest BCUT2D eigenvalue weighted by atomic mass is 9.51. The maximum Gasteiger partial charge on any atom is 0.174 e. The zero-order chi connectivity index (χ0) is 18.6. The van der Waals surface area contributed by atoms with Gasteiger partial charge in [-0.25, -0.2) is 0 Å². The fourth-order valence-corrected chi connectivity index (χ4v) is 7.19. The van der Waals surface area contributed by atoms with Gasteiger partial charge in [0.1, 0.15) is 11.5 Å². The molecule has 5 nitrogen and oxygen atoms in total. The van der Waals surface area contributed by atoms with Gasteiger partial charge in [0.05, 0.1) is 43.8 Å². The lowest BCUT2D eigenvalue weighted by molar-refractivity contribution is -0.946. The Morgan fingerprint density at radius 3 is 2.82 bits per heavy atom. The van der Waals surface area contributed by atoms with Crippen LogP contribution in [0.15, 0.2) is 6.07 Å². The third-order valence-corrected chi connectivity index (χ3v) is 8.53. The van der Waals surface area contributed by atoms with Crippen LogP contribution in [0.4, 0.5) is 0 Å². The molecular formula is C23H31NO4. The molecule has 2 bridgehead atoms. The quantitative estimate of drug-likeness (QED) is 0.620. The molecule has 0 radical (unpaired) electrons. The van der Waals surface area contributed by atoms with Crippen molar-refractivity contribution in [2.45, 2.75) is 62.7 Å². The van der Waals surface area contributed by atoms with Crippen molar-refractivity contribution in [1.82, 2.24) is 0 Å². The number of rotatable bonds is 3. The molecule has 152 valence electrons. The van der Waals surface area contributed by atoms with Crippen LogP contribution in [0.1, 0.15) is 48.8 Å². The number of phenols is 1. The molecule has 5 aliphatic rings. The number of hydrogen-bond donors (Lipinski definition) is 2. The molecule has 5 atom stereocenters. The van der Waals surface area contributed by atoms with Crippen LogP contribution in [0.5, 0.6) is 11.5 Å². The summed E-state index contributed by atoms with van der Waals surface area (Å²) in [6.07, 6.45) is 5.78. The topological polar surface area (TPSA) is 66.8 Å². The summed E-state index contributed by atoms with van der Waals surface area (Å²) in [7, 11) is 2.42. The molecule has 2 aliphatic heterocycles. The lowest BCUT2D eigenvalue weighted by Crippen LogP contribution is -2.72. The van der Waals surface area contributed by atoms with Gasteiger partial charge in [0.25, 0.3) is 0 Å². The van der Waals surface area contributed by atoms with E-state index in [-0.39, 0.29) is 31.0 Å². The van der Waals surface area contributed by atoms with Crippen LogP contribution in [0.3, 0.4) is 0 Å². The van der Waals surface area contributed by atoms with Crippen LogP contribution in [-0.2, 0) is 23.2 Å². The first-order valence-electron chi connectivity index (χ1n) is 10.5. The second kappa shape index (κ2) is 5.73. The van der Waals surface area contributed by atoms with Crippen LogP contribution >= 0.6 is 0 Å². The maximum atomic E-state index is 12.9. The van der Waals surface area contributed by atoms with Crippen molar-refractivity contribution >= 4 is 5.78 Å². The SMILES string of the molecule is C[N@+]1(CC2CC2)CC[C@]23c4c5cc(O)c(CO)c4O[C@H]2C(=O)CCC3[C@H]1C5.[CH3-]. The number of ether oxygens (including phenoxy) is 1. The van der Waals surface area contributed by atoms with Crippen LogP contribution in [-0.4, -0.2) is 52.8 Å². The predicted octanol–water partition coefficient (Wildman–Crippen LogP) is 2.50. The first-order chi connectivity index (χ1) is 13.0. The normalized spacial score (nSPS) is 39.8. The number of carbonyl (C=O) groups is 1. The van der Waals surface area contributed by atoms with Crippen molar-refractivity contribution in [3.05, 3.63) is 30.2 Å². The average Bonchev–Trinajstić information content (AvgIpc) is 3.37. The number of carbonyl (C=O) groups excluding carboxylic acids is 1. The molecule has 3 aliphatic carbocycles. The van der Waals surface area contributed by atoms with Gasteiger partial charge in [0.2, 0.25) is 0 Å². The van der Waals surface area contributed by atoms with E-state index >= 15 is 0 Å². The Morgan fingerprint density at radius 2 is 2.11 bits per heavy atom. The second-order valence-electron chi connectivity index (χ2n) is 9.90. The standard InChI is InChI=1S/C22H27NO4.CH3/c1-23(10-12-2-3-12)7-6-22-15-4-5-17(25)21(22)27-20-14(11-24)18(26)9-13(19(20)22)8-16(15)23;/h9,12,15-16,21,24H,2-8,10-11H2,1H3;1H3/q;-1/p+1/t15?,16-,21+,22+,23-;/m1./s1. The van der Waals surface area contributed by atoms with Crippen LogP contribution in [0, 0.1) is 19.3 Å². The molecule has 0 amide bonds. The van der Waals surface area contributed by atoms with Gasteiger partial charge in [0.15, 0.2) is 11.9 Å². The van der Waals surface area contributed by atoms with Crippen molar-refractivity contribution in [1.29, 1.82) is 0 Å². The average molecular weight is 386 g/mol. The highest BCUT2D eigenvalue weighted by Gasteiger charge is 2.69.